The third kappa shape index (κ3) is 4.14. The molecular weight excluding hydrogens is 376 g/mol. The zero-order chi connectivity index (χ0) is 20.1. The van der Waals surface area contributed by atoms with Crippen LogP contribution in [-0.2, 0) is 14.9 Å². The SMILES string of the molecule is CC(C)Oc1ccc(NC(=O)C2(c3ccccc3Cl)CCOCC2)c(C#N)c1. The number of halogens is 1. The second kappa shape index (κ2) is 8.64. The Morgan fingerprint density at radius 3 is 2.61 bits per heavy atom. The highest BCUT2D eigenvalue weighted by Gasteiger charge is 2.43. The summed E-state index contributed by atoms with van der Waals surface area (Å²) in [5, 5.41) is 13.0. The molecule has 0 spiro atoms. The summed E-state index contributed by atoms with van der Waals surface area (Å²) in [6.45, 7) is 4.79. The fraction of sp³-hybridized carbons (Fsp3) is 0.364. The van der Waals surface area contributed by atoms with Gasteiger partial charge in [-0.2, -0.15) is 5.26 Å². The smallest absolute Gasteiger partial charge is 0.235 e. The zero-order valence-electron chi connectivity index (χ0n) is 16.0. The molecule has 0 atom stereocenters. The molecule has 1 N–H and O–H groups in total. The minimum Gasteiger partial charge on any atom is -0.491 e. The molecule has 146 valence electrons. The van der Waals surface area contributed by atoms with Crippen molar-refractivity contribution in [1.29, 1.82) is 5.26 Å². The van der Waals surface area contributed by atoms with Crippen molar-refractivity contribution in [2.75, 3.05) is 18.5 Å². The number of nitriles is 1. The van der Waals surface area contributed by atoms with E-state index < -0.39 is 5.41 Å². The number of amides is 1. The van der Waals surface area contributed by atoms with E-state index >= 15 is 0 Å². The van der Waals surface area contributed by atoms with Crippen LogP contribution in [0.3, 0.4) is 0 Å². The van der Waals surface area contributed by atoms with Crippen molar-refractivity contribution < 1.29 is 14.3 Å². The lowest BCUT2D eigenvalue weighted by Gasteiger charge is -2.36. The van der Waals surface area contributed by atoms with Gasteiger partial charge >= 0.3 is 0 Å². The normalized spacial score (nSPS) is 15.7. The number of nitrogens with one attached hydrogen (secondary N) is 1. The molecule has 1 fully saturated rings. The van der Waals surface area contributed by atoms with E-state index in [0.29, 0.717) is 48.1 Å². The quantitative estimate of drug-likeness (QED) is 0.793. The molecule has 0 aromatic heterocycles. The molecule has 0 radical (unpaired) electrons. The molecule has 3 rings (SSSR count). The number of nitrogens with zero attached hydrogens (tertiary/aromatic N) is 1. The number of ether oxygens (including phenoxy) is 2. The predicted octanol–water partition coefficient (Wildman–Crippen LogP) is 4.69. The van der Waals surface area contributed by atoms with E-state index in [-0.39, 0.29) is 12.0 Å². The van der Waals surface area contributed by atoms with E-state index in [2.05, 4.69) is 11.4 Å². The zero-order valence-corrected chi connectivity index (χ0v) is 16.8. The number of hydrogen-bond acceptors (Lipinski definition) is 4. The molecule has 5 nitrogen and oxygen atoms in total. The van der Waals surface area contributed by atoms with Crippen molar-refractivity contribution in [3.8, 4) is 11.8 Å². The molecule has 1 aliphatic heterocycles. The van der Waals surface area contributed by atoms with E-state index in [1.165, 1.54) is 0 Å². The van der Waals surface area contributed by atoms with Gasteiger partial charge in [0.15, 0.2) is 0 Å². The summed E-state index contributed by atoms with van der Waals surface area (Å²) in [5.74, 6) is 0.411. The lowest BCUT2D eigenvalue weighted by Crippen LogP contribution is -2.45. The lowest BCUT2D eigenvalue weighted by molar-refractivity contribution is -0.125. The Kier molecular flexibility index (Phi) is 6.23. The maximum atomic E-state index is 13.4. The minimum absolute atomic E-state index is 0.00212. The Morgan fingerprint density at radius 2 is 1.96 bits per heavy atom. The highest BCUT2D eigenvalue weighted by molar-refractivity contribution is 6.31. The summed E-state index contributed by atoms with van der Waals surface area (Å²) >= 11 is 6.43. The van der Waals surface area contributed by atoms with E-state index in [9.17, 15) is 10.1 Å². The Bertz CT molecular complexity index is 899. The topological polar surface area (TPSA) is 71.3 Å². The van der Waals surface area contributed by atoms with Gasteiger partial charge in [-0.15, -0.1) is 0 Å². The summed E-state index contributed by atoms with van der Waals surface area (Å²) in [5.41, 5.74) is 0.807. The highest BCUT2D eigenvalue weighted by Crippen LogP contribution is 2.40. The Hall–Kier alpha value is -2.55. The summed E-state index contributed by atoms with van der Waals surface area (Å²) in [6.07, 6.45) is 1.05. The van der Waals surface area contributed by atoms with E-state index in [0.717, 1.165) is 5.56 Å². The van der Waals surface area contributed by atoms with Crippen LogP contribution in [0.4, 0.5) is 5.69 Å². The maximum absolute atomic E-state index is 13.4. The van der Waals surface area contributed by atoms with Gasteiger partial charge in [0.2, 0.25) is 5.91 Å². The largest absolute Gasteiger partial charge is 0.491 e. The van der Waals surface area contributed by atoms with Gasteiger partial charge in [-0.05, 0) is 50.5 Å². The van der Waals surface area contributed by atoms with E-state index in [1.807, 2.05) is 32.0 Å². The second-order valence-corrected chi connectivity index (χ2v) is 7.52. The highest BCUT2D eigenvalue weighted by atomic mass is 35.5. The van der Waals surface area contributed by atoms with Crippen LogP contribution in [0.15, 0.2) is 42.5 Å². The molecule has 1 amide bonds. The van der Waals surface area contributed by atoms with Crippen LogP contribution < -0.4 is 10.1 Å². The van der Waals surface area contributed by atoms with Crippen molar-refractivity contribution in [3.63, 3.8) is 0 Å². The predicted molar refractivity (Wildman–Crippen MR) is 109 cm³/mol. The van der Waals surface area contributed by atoms with Gasteiger partial charge in [-0.25, -0.2) is 0 Å². The van der Waals surface area contributed by atoms with Gasteiger partial charge < -0.3 is 14.8 Å². The minimum atomic E-state index is -0.795. The Morgan fingerprint density at radius 1 is 1.25 bits per heavy atom. The molecule has 1 aliphatic rings. The molecular formula is C22H23ClN2O3. The van der Waals surface area contributed by atoms with Gasteiger partial charge in [0, 0.05) is 24.3 Å². The molecule has 1 heterocycles. The molecule has 0 bridgehead atoms. The standard InChI is InChI=1S/C22H23ClN2O3/c1-15(2)28-17-7-8-20(16(13-17)14-24)25-21(26)22(9-11-27-12-10-22)18-5-3-4-6-19(18)23/h3-8,13,15H,9-12H2,1-2H3,(H,25,26). The van der Waals surface area contributed by atoms with Gasteiger partial charge in [0.05, 0.1) is 22.8 Å². The van der Waals surface area contributed by atoms with Gasteiger partial charge in [-0.1, -0.05) is 29.8 Å². The first-order valence-electron chi connectivity index (χ1n) is 9.31. The van der Waals surface area contributed by atoms with Crippen LogP contribution in [-0.4, -0.2) is 25.2 Å². The third-order valence-electron chi connectivity index (χ3n) is 4.90. The van der Waals surface area contributed by atoms with Crippen molar-refractivity contribution in [2.45, 2.75) is 38.2 Å². The molecule has 0 aliphatic carbocycles. The summed E-state index contributed by atoms with van der Waals surface area (Å²) in [7, 11) is 0. The van der Waals surface area contributed by atoms with Crippen LogP contribution in [0.1, 0.15) is 37.8 Å². The summed E-state index contributed by atoms with van der Waals surface area (Å²) < 4.78 is 11.1. The van der Waals surface area contributed by atoms with Crippen LogP contribution in [0, 0.1) is 11.3 Å². The average Bonchev–Trinajstić information content (AvgIpc) is 2.69. The number of benzene rings is 2. The van der Waals surface area contributed by atoms with E-state index in [1.54, 1.807) is 24.3 Å². The maximum Gasteiger partial charge on any atom is 0.235 e. The molecule has 2 aromatic rings. The molecule has 0 unspecified atom stereocenters. The first-order valence-corrected chi connectivity index (χ1v) is 9.69. The Balaban J connectivity index is 1.93. The average molecular weight is 399 g/mol. The first-order chi connectivity index (χ1) is 13.5. The Labute approximate surface area is 170 Å². The fourth-order valence-corrected chi connectivity index (χ4v) is 3.82. The molecule has 0 saturated carbocycles. The number of rotatable bonds is 5. The third-order valence-corrected chi connectivity index (χ3v) is 5.23. The molecule has 28 heavy (non-hydrogen) atoms. The van der Waals surface area contributed by atoms with Gasteiger partial charge in [0.1, 0.15) is 11.8 Å². The van der Waals surface area contributed by atoms with Crippen LogP contribution >= 0.6 is 11.6 Å². The summed E-state index contributed by atoms with van der Waals surface area (Å²) in [4.78, 5) is 13.4. The lowest BCUT2D eigenvalue weighted by atomic mass is 9.73. The fourth-order valence-electron chi connectivity index (χ4n) is 3.50. The second-order valence-electron chi connectivity index (χ2n) is 7.11. The van der Waals surface area contributed by atoms with Crippen LogP contribution in [0.5, 0.6) is 5.75 Å². The van der Waals surface area contributed by atoms with Crippen LogP contribution in [0.2, 0.25) is 5.02 Å². The first kappa shape index (κ1) is 20.2. The van der Waals surface area contributed by atoms with Crippen molar-refractivity contribution in [2.24, 2.45) is 0 Å². The number of anilines is 1. The number of carbonyl (C=O) groups excluding carboxylic acids is 1. The van der Waals surface area contributed by atoms with Crippen molar-refractivity contribution in [1.82, 2.24) is 0 Å². The molecule has 6 heteroatoms. The van der Waals surface area contributed by atoms with E-state index in [4.69, 9.17) is 21.1 Å². The van der Waals surface area contributed by atoms with Crippen LogP contribution in [0.25, 0.3) is 0 Å². The summed E-state index contributed by atoms with van der Waals surface area (Å²) in [6, 6.07) is 14.6. The van der Waals surface area contributed by atoms with Gasteiger partial charge in [-0.3, -0.25) is 4.79 Å². The number of hydrogen-bond donors (Lipinski definition) is 1. The number of carbonyl (C=O) groups is 1. The monoisotopic (exact) mass is 398 g/mol. The van der Waals surface area contributed by atoms with Gasteiger partial charge in [0.25, 0.3) is 0 Å². The van der Waals surface area contributed by atoms with Crippen molar-refractivity contribution in [3.05, 3.63) is 58.6 Å². The van der Waals surface area contributed by atoms with Crippen molar-refractivity contribution >= 4 is 23.2 Å². The molecule has 2 aromatic carbocycles. The molecule has 1 saturated heterocycles.